The van der Waals surface area contributed by atoms with Gasteiger partial charge in [-0.05, 0) is 31.4 Å². The summed E-state index contributed by atoms with van der Waals surface area (Å²) in [6, 6.07) is 2.68. The summed E-state index contributed by atoms with van der Waals surface area (Å²) in [6.07, 6.45) is 8.18. The number of hydrogen-bond donors (Lipinski definition) is 1. The molecule has 1 saturated heterocycles. The van der Waals surface area contributed by atoms with E-state index in [1.807, 2.05) is 12.4 Å². The van der Waals surface area contributed by atoms with Gasteiger partial charge in [0.2, 0.25) is 0 Å². The van der Waals surface area contributed by atoms with Gasteiger partial charge >= 0.3 is 0 Å². The highest BCUT2D eigenvalue weighted by Crippen LogP contribution is 2.49. The smallest absolute Gasteiger partial charge is 0.115 e. The molecule has 2 aromatic heterocycles. The molecule has 116 valence electrons. The second-order valence-electron chi connectivity index (χ2n) is 6.20. The first-order valence-electron chi connectivity index (χ1n) is 7.60. The molecule has 0 unspecified atom stereocenters. The molecule has 6 heteroatoms. The van der Waals surface area contributed by atoms with Crippen molar-refractivity contribution in [2.45, 2.75) is 43.9 Å². The number of thiophene rings is 1. The molecule has 4 rings (SSSR count). The molecular formula is C16H18ClN3OS. The van der Waals surface area contributed by atoms with Crippen LogP contribution in [-0.4, -0.2) is 22.6 Å². The molecule has 2 aliphatic rings. The molecule has 1 N–H and O–H groups in total. The zero-order valence-electron chi connectivity index (χ0n) is 12.4. The van der Waals surface area contributed by atoms with Crippen LogP contribution in [0.1, 0.15) is 41.8 Å². The predicted molar refractivity (Wildman–Crippen MR) is 87.3 cm³/mol. The molecule has 0 bridgehead atoms. The van der Waals surface area contributed by atoms with E-state index in [2.05, 4.69) is 28.3 Å². The molecule has 2 aromatic rings. The van der Waals surface area contributed by atoms with E-state index in [1.165, 1.54) is 10.4 Å². The molecule has 22 heavy (non-hydrogen) atoms. The third kappa shape index (κ3) is 2.46. The first kappa shape index (κ1) is 14.6. The maximum Gasteiger partial charge on any atom is 0.115 e. The average molecular weight is 336 g/mol. The number of hydrogen-bond acceptors (Lipinski definition) is 5. The summed E-state index contributed by atoms with van der Waals surface area (Å²) < 4.78 is 7.20. The largest absolute Gasteiger partial charge is 0.369 e. The van der Waals surface area contributed by atoms with E-state index in [0.717, 1.165) is 35.8 Å². The maximum absolute atomic E-state index is 6.34. The number of piperidine rings is 1. The third-order valence-electron chi connectivity index (χ3n) is 4.58. The van der Waals surface area contributed by atoms with Crippen molar-refractivity contribution >= 4 is 22.9 Å². The van der Waals surface area contributed by atoms with Gasteiger partial charge < -0.3 is 10.1 Å². The van der Waals surface area contributed by atoms with Crippen molar-refractivity contribution in [2.75, 3.05) is 6.61 Å². The van der Waals surface area contributed by atoms with Crippen LogP contribution in [0.3, 0.4) is 0 Å². The molecule has 0 aromatic carbocycles. The van der Waals surface area contributed by atoms with E-state index in [1.54, 1.807) is 17.7 Å². The topological polar surface area (TPSA) is 47.0 Å². The first-order chi connectivity index (χ1) is 10.7. The quantitative estimate of drug-likeness (QED) is 0.866. The summed E-state index contributed by atoms with van der Waals surface area (Å²) in [7, 11) is 0. The number of halogens is 1. The Morgan fingerprint density at radius 1 is 1.36 bits per heavy atom. The van der Waals surface area contributed by atoms with Crippen LogP contribution in [0, 0.1) is 0 Å². The van der Waals surface area contributed by atoms with Crippen LogP contribution in [0.15, 0.2) is 24.8 Å². The summed E-state index contributed by atoms with van der Waals surface area (Å²) in [5, 5.41) is 3.65. The summed E-state index contributed by atoms with van der Waals surface area (Å²) in [5.41, 5.74) is 2.25. The molecule has 0 saturated carbocycles. The van der Waals surface area contributed by atoms with E-state index >= 15 is 0 Å². The lowest BCUT2D eigenvalue weighted by Crippen LogP contribution is -2.49. The Balaban J connectivity index is 1.73. The van der Waals surface area contributed by atoms with Gasteiger partial charge in [-0.15, -0.1) is 11.3 Å². The highest BCUT2D eigenvalue weighted by atomic mass is 35.5. The lowest BCUT2D eigenvalue weighted by molar-refractivity contribution is -0.0954. The minimum atomic E-state index is -0.226. The van der Waals surface area contributed by atoms with Crippen molar-refractivity contribution in [1.29, 1.82) is 0 Å². The number of aromatic nitrogens is 2. The first-order valence-corrected chi connectivity index (χ1v) is 8.79. The third-order valence-corrected chi connectivity index (χ3v) is 6.07. The fraction of sp³-hybridized carbons (Fsp3) is 0.500. The standard InChI is InChI=1S/C16H18ClN3OS/c1-10-5-16(6-13(20-10)12-7-18-9-19-8-12)15-11(2-3-21-16)4-14(17)22-15/h4,7-10,13,20H,2-3,5-6H2,1H3/t10-,13-,16-/m0/s1. The summed E-state index contributed by atoms with van der Waals surface area (Å²) in [6.45, 7) is 2.98. The van der Waals surface area contributed by atoms with Gasteiger partial charge in [-0.25, -0.2) is 9.97 Å². The number of fused-ring (bicyclic) bond motifs is 2. The van der Waals surface area contributed by atoms with Crippen LogP contribution >= 0.6 is 22.9 Å². The van der Waals surface area contributed by atoms with Crippen LogP contribution in [-0.2, 0) is 16.8 Å². The Morgan fingerprint density at radius 3 is 3.00 bits per heavy atom. The van der Waals surface area contributed by atoms with Gasteiger partial charge in [0.15, 0.2) is 0 Å². The second kappa shape index (κ2) is 5.57. The van der Waals surface area contributed by atoms with Crippen molar-refractivity contribution in [3.8, 4) is 0 Å². The number of rotatable bonds is 1. The Bertz CT molecular complexity index is 677. The molecule has 3 atom stereocenters. The van der Waals surface area contributed by atoms with Gasteiger partial charge in [0.05, 0.1) is 10.9 Å². The van der Waals surface area contributed by atoms with Gasteiger partial charge in [0.1, 0.15) is 11.9 Å². The molecule has 4 nitrogen and oxygen atoms in total. The monoisotopic (exact) mass is 335 g/mol. The van der Waals surface area contributed by atoms with Crippen LogP contribution in [0.25, 0.3) is 0 Å². The SMILES string of the molecule is C[C@H]1C[C@@]2(C[C@@H](c3cncnc3)N1)OCCc1cc(Cl)sc12. The van der Waals surface area contributed by atoms with Gasteiger partial charge in [-0.2, -0.15) is 0 Å². The molecule has 1 spiro atoms. The predicted octanol–water partition coefficient (Wildman–Crippen LogP) is 3.47. The zero-order chi connectivity index (χ0) is 15.2. The molecular weight excluding hydrogens is 318 g/mol. The van der Waals surface area contributed by atoms with E-state index in [9.17, 15) is 0 Å². The number of ether oxygens (including phenoxy) is 1. The Morgan fingerprint density at radius 2 is 2.18 bits per heavy atom. The van der Waals surface area contributed by atoms with Crippen molar-refractivity contribution in [3.63, 3.8) is 0 Å². The molecule has 1 fully saturated rings. The summed E-state index contributed by atoms with van der Waals surface area (Å²) in [5.74, 6) is 0. The fourth-order valence-corrected chi connectivity index (χ4v) is 5.23. The van der Waals surface area contributed by atoms with E-state index in [4.69, 9.17) is 16.3 Å². The fourth-order valence-electron chi connectivity index (χ4n) is 3.77. The van der Waals surface area contributed by atoms with Gasteiger partial charge in [0.25, 0.3) is 0 Å². The summed E-state index contributed by atoms with van der Waals surface area (Å²) in [4.78, 5) is 9.63. The van der Waals surface area contributed by atoms with Gasteiger partial charge in [-0.3, -0.25) is 0 Å². The lowest BCUT2D eigenvalue weighted by atomic mass is 9.78. The van der Waals surface area contributed by atoms with Crippen molar-refractivity contribution in [1.82, 2.24) is 15.3 Å². The highest BCUT2D eigenvalue weighted by Gasteiger charge is 2.46. The Labute approximate surface area is 138 Å². The average Bonchev–Trinajstić information content (AvgIpc) is 2.90. The minimum Gasteiger partial charge on any atom is -0.369 e. The van der Waals surface area contributed by atoms with Gasteiger partial charge in [-0.1, -0.05) is 11.6 Å². The van der Waals surface area contributed by atoms with Crippen molar-refractivity contribution in [2.24, 2.45) is 0 Å². The van der Waals surface area contributed by atoms with Crippen LogP contribution < -0.4 is 5.32 Å². The summed E-state index contributed by atoms with van der Waals surface area (Å²) >= 11 is 7.95. The second-order valence-corrected chi connectivity index (χ2v) is 7.88. The van der Waals surface area contributed by atoms with E-state index in [-0.39, 0.29) is 11.6 Å². The van der Waals surface area contributed by atoms with Crippen molar-refractivity contribution in [3.05, 3.63) is 45.1 Å². The normalized spacial score (nSPS) is 31.2. The number of nitrogens with zero attached hydrogens (tertiary/aromatic N) is 2. The molecule has 4 heterocycles. The maximum atomic E-state index is 6.34. The molecule has 0 amide bonds. The highest BCUT2D eigenvalue weighted by molar-refractivity contribution is 7.16. The van der Waals surface area contributed by atoms with Crippen LogP contribution in [0.4, 0.5) is 0 Å². The minimum absolute atomic E-state index is 0.205. The van der Waals surface area contributed by atoms with E-state index in [0.29, 0.717) is 6.04 Å². The lowest BCUT2D eigenvalue weighted by Gasteiger charge is -2.46. The van der Waals surface area contributed by atoms with E-state index < -0.39 is 0 Å². The Hall–Kier alpha value is -1.01. The number of nitrogens with one attached hydrogen (secondary N) is 1. The van der Waals surface area contributed by atoms with Crippen LogP contribution in [0.5, 0.6) is 0 Å². The molecule has 0 aliphatic carbocycles. The van der Waals surface area contributed by atoms with Gasteiger partial charge in [0, 0.05) is 41.3 Å². The molecule has 0 radical (unpaired) electrons. The molecule has 2 aliphatic heterocycles. The zero-order valence-corrected chi connectivity index (χ0v) is 14.0. The van der Waals surface area contributed by atoms with Crippen molar-refractivity contribution < 1.29 is 4.74 Å². The van der Waals surface area contributed by atoms with Crippen LogP contribution in [0.2, 0.25) is 4.34 Å². The Kier molecular flexibility index (Phi) is 3.69.